The van der Waals surface area contributed by atoms with Crippen molar-refractivity contribution in [3.8, 4) is 0 Å². The van der Waals surface area contributed by atoms with E-state index in [1.807, 2.05) is 6.92 Å². The molecule has 0 radical (unpaired) electrons. The first-order valence-corrected chi connectivity index (χ1v) is 8.07. The normalized spacial score (nSPS) is 11.9. The Morgan fingerprint density at radius 3 is 1.94 bits per heavy atom. The van der Waals surface area contributed by atoms with Crippen molar-refractivity contribution in [3.63, 3.8) is 0 Å². The lowest BCUT2D eigenvalue weighted by molar-refractivity contribution is 0.317. The van der Waals surface area contributed by atoms with Gasteiger partial charge in [0.2, 0.25) is 0 Å². The minimum atomic E-state index is -3.24. The van der Waals surface area contributed by atoms with E-state index in [9.17, 15) is 8.42 Å². The maximum Gasteiger partial charge on any atom is 0.267 e. The van der Waals surface area contributed by atoms with E-state index in [0.717, 1.165) is 25.7 Å². The van der Waals surface area contributed by atoms with Gasteiger partial charge < -0.3 is 0 Å². The lowest BCUT2D eigenvalue weighted by atomic mass is 10.1. The van der Waals surface area contributed by atoms with Gasteiger partial charge in [-0.25, -0.2) is 0 Å². The first-order chi connectivity index (χ1) is 7.62. The molecule has 0 aromatic carbocycles. The second-order valence-electron chi connectivity index (χ2n) is 4.21. The van der Waals surface area contributed by atoms with Crippen LogP contribution in [0.3, 0.4) is 0 Å². The Labute approximate surface area is 101 Å². The van der Waals surface area contributed by atoms with Gasteiger partial charge in [-0.05, 0) is 12.8 Å². The van der Waals surface area contributed by atoms with Crippen molar-refractivity contribution < 1.29 is 12.6 Å². The molecule has 0 saturated heterocycles. The Hall–Kier alpha value is -0.0900. The third kappa shape index (κ3) is 10.4. The zero-order chi connectivity index (χ0) is 12.3. The molecule has 0 amide bonds. The van der Waals surface area contributed by atoms with Crippen molar-refractivity contribution in [3.05, 3.63) is 0 Å². The van der Waals surface area contributed by atoms with Crippen LogP contribution in [0.2, 0.25) is 0 Å². The van der Waals surface area contributed by atoms with Crippen molar-refractivity contribution in [2.75, 3.05) is 12.4 Å². The molecule has 0 rings (SSSR count). The molecule has 0 N–H and O–H groups in total. The Kier molecular flexibility index (Phi) is 10.0. The summed E-state index contributed by atoms with van der Waals surface area (Å²) in [5.74, 6) is 0.181. The van der Waals surface area contributed by atoms with Crippen LogP contribution in [0.5, 0.6) is 0 Å². The summed E-state index contributed by atoms with van der Waals surface area (Å²) in [6.45, 7) is 4.42. The van der Waals surface area contributed by atoms with E-state index in [1.165, 1.54) is 25.7 Å². The van der Waals surface area contributed by atoms with Crippen LogP contribution in [0.25, 0.3) is 0 Å². The maximum atomic E-state index is 11.3. The van der Waals surface area contributed by atoms with Crippen LogP contribution in [0.1, 0.15) is 65.2 Å². The minimum Gasteiger partial charge on any atom is -0.270 e. The summed E-state index contributed by atoms with van der Waals surface area (Å²) in [4.78, 5) is 0. The van der Waals surface area contributed by atoms with Crippen LogP contribution >= 0.6 is 0 Å². The van der Waals surface area contributed by atoms with Gasteiger partial charge in [-0.2, -0.15) is 8.42 Å². The van der Waals surface area contributed by atoms with Crippen molar-refractivity contribution in [2.45, 2.75) is 65.2 Å². The molecule has 16 heavy (non-hydrogen) atoms. The van der Waals surface area contributed by atoms with E-state index in [2.05, 4.69) is 6.92 Å². The smallest absolute Gasteiger partial charge is 0.267 e. The average Bonchev–Trinajstić information content (AvgIpc) is 2.25. The second kappa shape index (κ2) is 10.1. The van der Waals surface area contributed by atoms with E-state index in [0.29, 0.717) is 6.61 Å². The first kappa shape index (κ1) is 15.9. The molecule has 4 heteroatoms. The highest BCUT2D eigenvalue weighted by atomic mass is 32.2. The van der Waals surface area contributed by atoms with Crippen LogP contribution in [0, 0.1) is 0 Å². The van der Waals surface area contributed by atoms with E-state index < -0.39 is 10.1 Å². The fourth-order valence-electron chi connectivity index (χ4n) is 1.51. The quantitative estimate of drug-likeness (QED) is 0.416. The van der Waals surface area contributed by atoms with Gasteiger partial charge in [0.15, 0.2) is 0 Å². The molecule has 0 bridgehead atoms. The van der Waals surface area contributed by atoms with Crippen molar-refractivity contribution >= 4 is 10.1 Å². The Morgan fingerprint density at radius 2 is 1.38 bits per heavy atom. The molecule has 0 fully saturated rings. The summed E-state index contributed by atoms with van der Waals surface area (Å²) in [7, 11) is -3.24. The zero-order valence-corrected chi connectivity index (χ0v) is 11.5. The summed E-state index contributed by atoms with van der Waals surface area (Å²) < 4.78 is 27.4. The molecule has 0 aromatic rings. The predicted octanol–water partition coefficient (Wildman–Crippen LogP) is 3.49. The van der Waals surface area contributed by atoms with Crippen LogP contribution in [-0.4, -0.2) is 20.8 Å². The topological polar surface area (TPSA) is 43.4 Å². The molecule has 0 aromatic heterocycles. The molecule has 0 spiro atoms. The van der Waals surface area contributed by atoms with Gasteiger partial charge in [0.05, 0.1) is 12.4 Å². The Balaban J connectivity index is 3.36. The van der Waals surface area contributed by atoms with Gasteiger partial charge in [-0.3, -0.25) is 4.18 Å². The van der Waals surface area contributed by atoms with Crippen LogP contribution < -0.4 is 0 Å². The molecule has 0 aliphatic heterocycles. The van der Waals surface area contributed by atoms with Gasteiger partial charge in [-0.1, -0.05) is 52.4 Å². The number of rotatable bonds is 11. The number of hydrogen-bond donors (Lipinski definition) is 0. The van der Waals surface area contributed by atoms with E-state index >= 15 is 0 Å². The summed E-state index contributed by atoms with van der Waals surface area (Å²) in [6.07, 6.45) is 8.66. The summed E-state index contributed by atoms with van der Waals surface area (Å²) in [5.41, 5.74) is 0. The van der Waals surface area contributed by atoms with Gasteiger partial charge in [0.25, 0.3) is 10.1 Å². The summed E-state index contributed by atoms with van der Waals surface area (Å²) >= 11 is 0. The molecule has 0 aliphatic carbocycles. The predicted molar refractivity (Wildman–Crippen MR) is 68.0 cm³/mol. The van der Waals surface area contributed by atoms with Gasteiger partial charge in [-0.15, -0.1) is 0 Å². The summed E-state index contributed by atoms with van der Waals surface area (Å²) in [6, 6.07) is 0. The molecule has 98 valence electrons. The largest absolute Gasteiger partial charge is 0.270 e. The Bertz CT molecular complexity index is 235. The lowest BCUT2D eigenvalue weighted by Crippen LogP contribution is -2.11. The summed E-state index contributed by atoms with van der Waals surface area (Å²) in [5, 5.41) is 0. The lowest BCUT2D eigenvalue weighted by Gasteiger charge is -2.04. The third-order valence-electron chi connectivity index (χ3n) is 2.46. The molecule has 3 nitrogen and oxygen atoms in total. The van der Waals surface area contributed by atoms with Crippen molar-refractivity contribution in [1.29, 1.82) is 0 Å². The average molecular weight is 250 g/mol. The molecular weight excluding hydrogens is 224 g/mol. The van der Waals surface area contributed by atoms with Gasteiger partial charge in [0.1, 0.15) is 0 Å². The number of hydrogen-bond acceptors (Lipinski definition) is 3. The fourth-order valence-corrected chi connectivity index (χ4v) is 2.60. The van der Waals surface area contributed by atoms with Crippen LogP contribution in [0.4, 0.5) is 0 Å². The van der Waals surface area contributed by atoms with E-state index in [-0.39, 0.29) is 5.75 Å². The van der Waals surface area contributed by atoms with Crippen molar-refractivity contribution in [1.82, 2.24) is 0 Å². The van der Waals surface area contributed by atoms with Gasteiger partial charge >= 0.3 is 0 Å². The maximum absolute atomic E-state index is 11.3. The second-order valence-corrected chi connectivity index (χ2v) is 5.96. The number of unbranched alkanes of at least 4 members (excludes halogenated alkanes) is 6. The van der Waals surface area contributed by atoms with Crippen LogP contribution in [0.15, 0.2) is 0 Å². The molecule has 0 atom stereocenters. The van der Waals surface area contributed by atoms with Crippen LogP contribution in [-0.2, 0) is 14.3 Å². The van der Waals surface area contributed by atoms with E-state index in [1.54, 1.807) is 0 Å². The molecule has 0 heterocycles. The SMILES string of the molecule is CCCCCCCCCS(=O)(=O)OCCC. The fraction of sp³-hybridized carbons (Fsp3) is 1.00. The highest BCUT2D eigenvalue weighted by Gasteiger charge is 2.09. The molecule has 0 unspecified atom stereocenters. The molecule has 0 aliphatic rings. The van der Waals surface area contributed by atoms with Crippen molar-refractivity contribution in [2.24, 2.45) is 0 Å². The highest BCUT2D eigenvalue weighted by Crippen LogP contribution is 2.08. The molecular formula is C12H26O3S. The minimum absolute atomic E-state index is 0.181. The first-order valence-electron chi connectivity index (χ1n) is 6.49. The molecule has 0 saturated carbocycles. The van der Waals surface area contributed by atoms with Gasteiger partial charge in [0, 0.05) is 0 Å². The Morgan fingerprint density at radius 1 is 0.812 bits per heavy atom. The highest BCUT2D eigenvalue weighted by molar-refractivity contribution is 7.86. The standard InChI is InChI=1S/C12H26O3S/c1-3-5-6-7-8-9-10-12-16(13,14)15-11-4-2/h3-12H2,1-2H3. The zero-order valence-electron chi connectivity index (χ0n) is 10.7. The van der Waals surface area contributed by atoms with E-state index in [4.69, 9.17) is 4.18 Å². The monoisotopic (exact) mass is 250 g/mol. The third-order valence-corrected chi connectivity index (χ3v) is 3.78.